The Morgan fingerprint density at radius 3 is 2.12 bits per heavy atom. The SMILES string of the molecule is CCC(CCCN)C(=O)CC(Cc1ccccc1)C(=O)CC(CCCNC(=O)c1ccc(C(C)SSCC(=O)NCCCCCCOC)cc1)C(=O)NCCOCCCO. The predicted octanol–water partition coefficient (Wildman–Crippen LogP) is 6.64. The highest BCUT2D eigenvalue weighted by Gasteiger charge is 2.30. The van der Waals surface area contributed by atoms with Crippen LogP contribution in [0, 0.1) is 17.8 Å². The molecule has 0 saturated heterocycles. The predicted molar refractivity (Wildman–Crippen MR) is 244 cm³/mol. The Morgan fingerprint density at radius 1 is 0.733 bits per heavy atom. The van der Waals surface area contributed by atoms with Gasteiger partial charge in [0.2, 0.25) is 11.8 Å². The molecular formula is C46H72N4O8S2. The van der Waals surface area contributed by atoms with Crippen molar-refractivity contribution in [2.75, 3.05) is 65.5 Å². The summed E-state index contributed by atoms with van der Waals surface area (Å²) in [5.74, 6) is -1.56. The van der Waals surface area contributed by atoms with E-state index < -0.39 is 11.8 Å². The molecule has 60 heavy (non-hydrogen) atoms. The molecule has 0 spiro atoms. The fraction of sp³-hybridized carbons (Fsp3) is 0.630. The van der Waals surface area contributed by atoms with E-state index >= 15 is 0 Å². The molecule has 336 valence electrons. The summed E-state index contributed by atoms with van der Waals surface area (Å²) in [6.45, 7) is 7.26. The van der Waals surface area contributed by atoms with Crippen molar-refractivity contribution < 1.29 is 38.6 Å². The number of ketones is 2. The number of unbranched alkanes of at least 4 members (excludes halogenated alkanes) is 3. The first-order valence-corrected chi connectivity index (χ1v) is 24.2. The minimum Gasteiger partial charge on any atom is -0.396 e. The van der Waals surface area contributed by atoms with Crippen LogP contribution >= 0.6 is 21.6 Å². The second-order valence-electron chi connectivity index (χ2n) is 15.2. The van der Waals surface area contributed by atoms with Crippen molar-refractivity contribution in [1.82, 2.24) is 16.0 Å². The lowest BCUT2D eigenvalue weighted by Crippen LogP contribution is -2.36. The van der Waals surface area contributed by atoms with Gasteiger partial charge in [0.15, 0.2) is 0 Å². The van der Waals surface area contributed by atoms with Crippen molar-refractivity contribution in [3.8, 4) is 0 Å². The molecule has 3 amide bonds. The third-order valence-corrected chi connectivity index (χ3v) is 13.1. The van der Waals surface area contributed by atoms with E-state index in [0.717, 1.165) is 49.8 Å². The molecular weight excluding hydrogens is 801 g/mol. The molecule has 6 N–H and O–H groups in total. The average Bonchev–Trinajstić information content (AvgIpc) is 3.25. The summed E-state index contributed by atoms with van der Waals surface area (Å²) >= 11 is 0. The number of aliphatic hydroxyl groups is 1. The van der Waals surface area contributed by atoms with Crippen LogP contribution in [0.5, 0.6) is 0 Å². The Hall–Kier alpha value is -3.27. The van der Waals surface area contributed by atoms with Gasteiger partial charge >= 0.3 is 0 Å². The number of nitrogens with one attached hydrogen (secondary N) is 3. The van der Waals surface area contributed by atoms with E-state index in [1.165, 1.54) is 10.8 Å². The zero-order valence-electron chi connectivity index (χ0n) is 36.3. The van der Waals surface area contributed by atoms with Crippen LogP contribution in [-0.2, 0) is 35.1 Å². The van der Waals surface area contributed by atoms with Crippen molar-refractivity contribution in [1.29, 1.82) is 0 Å². The van der Waals surface area contributed by atoms with Gasteiger partial charge in [0.05, 0.1) is 12.4 Å². The molecule has 12 nitrogen and oxygen atoms in total. The maximum atomic E-state index is 14.0. The van der Waals surface area contributed by atoms with E-state index in [-0.39, 0.29) is 73.1 Å². The van der Waals surface area contributed by atoms with E-state index in [0.29, 0.717) is 76.1 Å². The number of aliphatic hydroxyl groups excluding tert-OH is 1. The van der Waals surface area contributed by atoms with Crippen LogP contribution in [0.1, 0.15) is 118 Å². The lowest BCUT2D eigenvalue weighted by molar-refractivity contribution is -0.133. The summed E-state index contributed by atoms with van der Waals surface area (Å²) in [6, 6.07) is 17.1. The van der Waals surface area contributed by atoms with Gasteiger partial charge in [-0.15, -0.1) is 0 Å². The van der Waals surface area contributed by atoms with Crippen LogP contribution in [0.25, 0.3) is 0 Å². The summed E-state index contributed by atoms with van der Waals surface area (Å²) < 4.78 is 10.5. The number of methoxy groups -OCH3 is 1. The smallest absolute Gasteiger partial charge is 0.251 e. The normalized spacial score (nSPS) is 13.2. The van der Waals surface area contributed by atoms with Crippen LogP contribution in [0.15, 0.2) is 54.6 Å². The molecule has 0 aliphatic heterocycles. The van der Waals surface area contributed by atoms with Gasteiger partial charge in [-0.1, -0.05) is 83.8 Å². The van der Waals surface area contributed by atoms with Crippen LogP contribution < -0.4 is 21.7 Å². The topological polar surface area (TPSA) is 186 Å². The number of nitrogens with two attached hydrogens (primary N) is 1. The summed E-state index contributed by atoms with van der Waals surface area (Å²) in [5.41, 5.74) is 8.25. The van der Waals surface area contributed by atoms with Gasteiger partial charge < -0.3 is 36.3 Å². The number of amides is 3. The first kappa shape index (κ1) is 52.9. The number of Topliss-reactive ketones (excluding diaryl/α,β-unsaturated/α-hetero) is 2. The zero-order chi connectivity index (χ0) is 43.8. The number of carbonyl (C=O) groups excluding carboxylic acids is 5. The summed E-state index contributed by atoms with van der Waals surface area (Å²) in [4.78, 5) is 66.4. The Morgan fingerprint density at radius 2 is 1.42 bits per heavy atom. The Labute approximate surface area is 366 Å². The molecule has 4 unspecified atom stereocenters. The van der Waals surface area contributed by atoms with Crippen molar-refractivity contribution in [2.45, 2.75) is 103 Å². The van der Waals surface area contributed by atoms with Crippen molar-refractivity contribution in [3.63, 3.8) is 0 Å². The lowest BCUT2D eigenvalue weighted by Gasteiger charge is -2.22. The quantitative estimate of drug-likeness (QED) is 0.0366. The van der Waals surface area contributed by atoms with Crippen molar-refractivity contribution in [2.24, 2.45) is 23.5 Å². The van der Waals surface area contributed by atoms with Gasteiger partial charge in [0.25, 0.3) is 5.91 Å². The molecule has 4 atom stereocenters. The van der Waals surface area contributed by atoms with Gasteiger partial charge in [-0.3, -0.25) is 24.0 Å². The highest BCUT2D eigenvalue weighted by Crippen LogP contribution is 2.37. The highest BCUT2D eigenvalue weighted by molar-refractivity contribution is 8.76. The number of rotatable bonds is 36. The molecule has 0 fully saturated rings. The van der Waals surface area contributed by atoms with E-state index in [4.69, 9.17) is 20.3 Å². The van der Waals surface area contributed by atoms with Crippen molar-refractivity contribution in [3.05, 3.63) is 71.3 Å². The zero-order valence-corrected chi connectivity index (χ0v) is 37.9. The van der Waals surface area contributed by atoms with Gasteiger partial charge in [-0.05, 0) is 94.5 Å². The van der Waals surface area contributed by atoms with Gasteiger partial charge in [0.1, 0.15) is 11.6 Å². The minimum atomic E-state index is -0.655. The number of carbonyl (C=O) groups is 5. The largest absolute Gasteiger partial charge is 0.396 e. The third kappa shape index (κ3) is 23.1. The molecule has 14 heteroatoms. The first-order valence-electron chi connectivity index (χ1n) is 21.8. The van der Waals surface area contributed by atoms with E-state index in [1.807, 2.05) is 49.4 Å². The Bertz CT molecular complexity index is 1500. The summed E-state index contributed by atoms with van der Waals surface area (Å²) in [5, 5.41) is 18.0. The molecule has 0 radical (unpaired) electrons. The van der Waals surface area contributed by atoms with Gasteiger partial charge in [-0.25, -0.2) is 0 Å². The number of hydrogen-bond acceptors (Lipinski definition) is 11. The molecule has 2 aromatic rings. The molecule has 0 bridgehead atoms. The van der Waals surface area contributed by atoms with Crippen LogP contribution in [0.4, 0.5) is 0 Å². The van der Waals surface area contributed by atoms with Crippen LogP contribution in [0.3, 0.4) is 0 Å². The van der Waals surface area contributed by atoms with E-state index in [1.54, 1.807) is 30.0 Å². The van der Waals surface area contributed by atoms with Gasteiger partial charge in [-0.2, -0.15) is 0 Å². The van der Waals surface area contributed by atoms with E-state index in [2.05, 4.69) is 22.9 Å². The standard InChI is InChI=1S/C46H72N4O8S2/c1-4-37(17-12-23-47)42(52)33-41(31-36-15-8-7-9-16-36)43(53)32-40(46(56)50-26-30-58-29-14-27-51)18-13-25-49-45(55)39-21-19-38(20-22-39)35(2)60-59-34-44(54)48-24-10-5-6-11-28-57-3/h7-9,15-16,19-22,35,37,40-41,51H,4-6,10-14,17-18,23-34,47H2,1-3H3,(H,48,54)(H,49,55)(H,50,56). The molecule has 2 aromatic carbocycles. The maximum Gasteiger partial charge on any atom is 0.251 e. The summed E-state index contributed by atoms with van der Waals surface area (Å²) in [6.07, 6.45) is 8.11. The van der Waals surface area contributed by atoms with Crippen LogP contribution in [0.2, 0.25) is 0 Å². The lowest BCUT2D eigenvalue weighted by atomic mass is 9.81. The number of ether oxygens (including phenoxy) is 2. The van der Waals surface area contributed by atoms with E-state index in [9.17, 15) is 24.0 Å². The molecule has 0 aromatic heterocycles. The molecule has 0 aliphatic rings. The monoisotopic (exact) mass is 872 g/mol. The van der Waals surface area contributed by atoms with Gasteiger partial charge in [0, 0.05) is 88.0 Å². The number of benzene rings is 2. The van der Waals surface area contributed by atoms with Crippen LogP contribution in [-0.4, -0.2) is 99.9 Å². The molecule has 0 aliphatic carbocycles. The second-order valence-corrected chi connectivity index (χ2v) is 17.9. The first-order chi connectivity index (χ1) is 29.1. The Kier molecular flexibility index (Phi) is 29.4. The number of hydrogen-bond donors (Lipinski definition) is 5. The molecule has 0 heterocycles. The average molecular weight is 873 g/mol. The fourth-order valence-corrected chi connectivity index (χ4v) is 8.99. The third-order valence-electron chi connectivity index (χ3n) is 10.4. The maximum absolute atomic E-state index is 14.0. The second kappa shape index (κ2) is 33.4. The molecule has 0 saturated carbocycles. The fourth-order valence-electron chi connectivity index (χ4n) is 6.77. The summed E-state index contributed by atoms with van der Waals surface area (Å²) in [7, 11) is 4.84. The molecule has 2 rings (SSSR count). The van der Waals surface area contributed by atoms with Crippen molar-refractivity contribution >= 4 is 50.9 Å². The highest BCUT2D eigenvalue weighted by atomic mass is 33.1. The minimum absolute atomic E-state index is 0.0220. The Balaban J connectivity index is 1.96.